The van der Waals surface area contributed by atoms with Gasteiger partial charge >= 0.3 is 0 Å². The number of nitrogens with zero attached hydrogens (tertiary/aromatic N) is 2. The first-order valence-electron chi connectivity index (χ1n) is 7.79. The van der Waals surface area contributed by atoms with Crippen LogP contribution in [-0.4, -0.2) is 15.7 Å². The fourth-order valence-corrected chi connectivity index (χ4v) is 2.83. The van der Waals surface area contributed by atoms with Gasteiger partial charge in [-0.2, -0.15) is 5.10 Å². The van der Waals surface area contributed by atoms with Crippen LogP contribution in [0.5, 0.6) is 0 Å². The fourth-order valence-electron chi connectivity index (χ4n) is 2.51. The Kier molecular flexibility index (Phi) is 4.86. The van der Waals surface area contributed by atoms with Gasteiger partial charge in [0.15, 0.2) is 0 Å². The molecule has 3 aromatic rings. The molecule has 1 N–H and O–H groups in total. The van der Waals surface area contributed by atoms with Crippen molar-refractivity contribution in [2.75, 3.05) is 5.32 Å². The Hall–Kier alpha value is -2.66. The Bertz CT molecular complexity index is 902. The van der Waals surface area contributed by atoms with E-state index in [0.29, 0.717) is 23.5 Å². The average molecular weight is 358 g/mol. The highest BCUT2D eigenvalue weighted by Crippen LogP contribution is 2.22. The Morgan fingerprint density at radius 1 is 1.12 bits per heavy atom. The molecule has 3 rings (SSSR count). The van der Waals surface area contributed by atoms with Crippen molar-refractivity contribution in [2.24, 2.45) is 0 Å². The number of carbonyl (C=O) groups is 1. The van der Waals surface area contributed by atoms with Crippen LogP contribution >= 0.6 is 11.6 Å². The van der Waals surface area contributed by atoms with Crippen molar-refractivity contribution < 1.29 is 9.18 Å². The minimum absolute atomic E-state index is 0.256. The lowest BCUT2D eigenvalue weighted by atomic mass is 10.2. The molecule has 0 saturated carbocycles. The van der Waals surface area contributed by atoms with Crippen molar-refractivity contribution in [3.8, 4) is 0 Å². The number of benzene rings is 2. The summed E-state index contributed by atoms with van der Waals surface area (Å²) < 4.78 is 14.5. The van der Waals surface area contributed by atoms with Crippen LogP contribution in [0.2, 0.25) is 5.15 Å². The quantitative estimate of drug-likeness (QED) is 0.742. The van der Waals surface area contributed by atoms with Gasteiger partial charge < -0.3 is 5.32 Å². The van der Waals surface area contributed by atoms with Gasteiger partial charge in [0, 0.05) is 5.69 Å². The largest absolute Gasteiger partial charge is 0.322 e. The minimum Gasteiger partial charge on any atom is -0.322 e. The van der Waals surface area contributed by atoms with Gasteiger partial charge in [0.2, 0.25) is 0 Å². The Morgan fingerprint density at radius 2 is 1.76 bits per heavy atom. The van der Waals surface area contributed by atoms with Gasteiger partial charge in [-0.3, -0.25) is 4.79 Å². The van der Waals surface area contributed by atoms with Crippen LogP contribution in [0.1, 0.15) is 27.2 Å². The van der Waals surface area contributed by atoms with Gasteiger partial charge in [-0.05, 0) is 43.7 Å². The lowest BCUT2D eigenvalue weighted by Crippen LogP contribution is -2.13. The van der Waals surface area contributed by atoms with E-state index < -0.39 is 0 Å². The van der Waals surface area contributed by atoms with Crippen molar-refractivity contribution in [3.63, 3.8) is 0 Å². The molecule has 6 heteroatoms. The summed E-state index contributed by atoms with van der Waals surface area (Å²) in [6, 6.07) is 13.6. The third-order valence-electron chi connectivity index (χ3n) is 3.85. The van der Waals surface area contributed by atoms with Crippen LogP contribution in [0, 0.1) is 19.7 Å². The third-order valence-corrected chi connectivity index (χ3v) is 4.23. The molecule has 0 radical (unpaired) electrons. The number of halogens is 2. The van der Waals surface area contributed by atoms with Crippen molar-refractivity contribution in [2.45, 2.75) is 20.4 Å². The van der Waals surface area contributed by atoms with E-state index in [1.165, 1.54) is 16.8 Å². The first-order valence-corrected chi connectivity index (χ1v) is 8.17. The Labute approximate surface area is 150 Å². The molecule has 128 valence electrons. The van der Waals surface area contributed by atoms with E-state index in [1.54, 1.807) is 19.1 Å². The third kappa shape index (κ3) is 3.88. The minimum atomic E-state index is -0.309. The van der Waals surface area contributed by atoms with Crippen LogP contribution in [0.4, 0.5) is 10.1 Å². The van der Waals surface area contributed by atoms with E-state index in [9.17, 15) is 9.18 Å². The van der Waals surface area contributed by atoms with Crippen LogP contribution in [-0.2, 0) is 6.54 Å². The molecular formula is C19H17ClFN3O. The second kappa shape index (κ2) is 7.07. The number of rotatable bonds is 4. The highest BCUT2D eigenvalue weighted by molar-refractivity contribution is 6.33. The Morgan fingerprint density at radius 3 is 2.40 bits per heavy atom. The summed E-state index contributed by atoms with van der Waals surface area (Å²) in [5.74, 6) is -0.610. The summed E-state index contributed by atoms with van der Waals surface area (Å²) in [5, 5.41) is 7.42. The molecule has 1 heterocycles. The molecule has 2 aromatic carbocycles. The molecule has 0 aliphatic heterocycles. The van der Waals surface area contributed by atoms with Gasteiger partial charge in [-0.25, -0.2) is 9.07 Å². The molecule has 0 fully saturated rings. The van der Waals surface area contributed by atoms with Crippen LogP contribution in [0.3, 0.4) is 0 Å². The van der Waals surface area contributed by atoms with Crippen molar-refractivity contribution >= 4 is 23.2 Å². The van der Waals surface area contributed by atoms with E-state index in [4.69, 9.17) is 11.6 Å². The number of carbonyl (C=O) groups excluding carboxylic acids is 1. The number of hydrogen-bond acceptors (Lipinski definition) is 2. The number of amides is 1. The first-order chi connectivity index (χ1) is 11.9. The molecule has 0 aliphatic rings. The Balaban J connectivity index is 1.82. The number of aryl methyl sites for hydroxylation is 2. The number of anilines is 1. The SMILES string of the molecule is Cc1ccc(NC(=O)c2c(C)nn(Cc3ccc(F)cc3)c2Cl)cc1. The van der Waals surface area contributed by atoms with Gasteiger partial charge in [-0.15, -0.1) is 0 Å². The molecular weight excluding hydrogens is 341 g/mol. The summed E-state index contributed by atoms with van der Waals surface area (Å²) in [6.07, 6.45) is 0. The molecule has 1 amide bonds. The highest BCUT2D eigenvalue weighted by Gasteiger charge is 2.20. The lowest BCUT2D eigenvalue weighted by Gasteiger charge is -2.06. The van der Waals surface area contributed by atoms with E-state index in [1.807, 2.05) is 31.2 Å². The van der Waals surface area contributed by atoms with Gasteiger partial charge in [-0.1, -0.05) is 41.4 Å². The van der Waals surface area contributed by atoms with Gasteiger partial charge in [0.1, 0.15) is 11.0 Å². The van der Waals surface area contributed by atoms with Gasteiger partial charge in [0.05, 0.1) is 17.8 Å². The zero-order valence-electron chi connectivity index (χ0n) is 13.9. The van der Waals surface area contributed by atoms with Crippen molar-refractivity contribution in [1.82, 2.24) is 9.78 Å². The van der Waals surface area contributed by atoms with E-state index >= 15 is 0 Å². The first kappa shape index (κ1) is 17.2. The maximum absolute atomic E-state index is 13.0. The van der Waals surface area contributed by atoms with Crippen molar-refractivity contribution in [1.29, 1.82) is 0 Å². The lowest BCUT2D eigenvalue weighted by molar-refractivity contribution is 0.102. The number of nitrogens with one attached hydrogen (secondary N) is 1. The van der Waals surface area contributed by atoms with E-state index in [0.717, 1.165) is 11.1 Å². The van der Waals surface area contributed by atoms with E-state index in [2.05, 4.69) is 10.4 Å². The second-order valence-corrected chi connectivity index (χ2v) is 6.21. The van der Waals surface area contributed by atoms with Crippen LogP contribution < -0.4 is 5.32 Å². The van der Waals surface area contributed by atoms with Crippen molar-refractivity contribution in [3.05, 3.63) is 81.9 Å². The average Bonchev–Trinajstić information content (AvgIpc) is 2.85. The number of aromatic nitrogens is 2. The topological polar surface area (TPSA) is 46.9 Å². The summed E-state index contributed by atoms with van der Waals surface area (Å²) in [7, 11) is 0. The zero-order chi connectivity index (χ0) is 18.0. The fraction of sp³-hybridized carbons (Fsp3) is 0.158. The predicted molar refractivity (Wildman–Crippen MR) is 96.6 cm³/mol. The summed E-state index contributed by atoms with van der Waals surface area (Å²) in [5.41, 5.74) is 3.52. The zero-order valence-corrected chi connectivity index (χ0v) is 14.6. The van der Waals surface area contributed by atoms with Crippen LogP contribution in [0.25, 0.3) is 0 Å². The van der Waals surface area contributed by atoms with E-state index in [-0.39, 0.29) is 16.9 Å². The monoisotopic (exact) mass is 357 g/mol. The second-order valence-electron chi connectivity index (χ2n) is 5.86. The molecule has 0 unspecified atom stereocenters. The molecule has 0 bridgehead atoms. The molecule has 4 nitrogen and oxygen atoms in total. The maximum Gasteiger partial charge on any atom is 0.260 e. The summed E-state index contributed by atoms with van der Waals surface area (Å²) in [6.45, 7) is 4.07. The highest BCUT2D eigenvalue weighted by atomic mass is 35.5. The van der Waals surface area contributed by atoms with Gasteiger partial charge in [0.25, 0.3) is 5.91 Å². The molecule has 0 spiro atoms. The maximum atomic E-state index is 13.0. The molecule has 0 atom stereocenters. The molecule has 1 aromatic heterocycles. The molecule has 0 aliphatic carbocycles. The van der Waals surface area contributed by atoms with Crippen LogP contribution in [0.15, 0.2) is 48.5 Å². The normalized spacial score (nSPS) is 10.7. The standard InChI is InChI=1S/C19H17ClFN3O/c1-12-3-9-16(10-4-12)22-19(25)17-13(2)23-24(18(17)20)11-14-5-7-15(21)8-6-14/h3-10H,11H2,1-2H3,(H,22,25). The predicted octanol–water partition coefficient (Wildman–Crippen LogP) is 4.59. The summed E-state index contributed by atoms with van der Waals surface area (Å²) in [4.78, 5) is 12.6. The summed E-state index contributed by atoms with van der Waals surface area (Å²) >= 11 is 6.36. The molecule has 0 saturated heterocycles. The number of hydrogen-bond donors (Lipinski definition) is 1. The smallest absolute Gasteiger partial charge is 0.260 e. The molecule has 25 heavy (non-hydrogen) atoms.